The van der Waals surface area contributed by atoms with Gasteiger partial charge in [-0.3, -0.25) is 9.59 Å². The summed E-state index contributed by atoms with van der Waals surface area (Å²) in [6, 6.07) is 52.9. The lowest BCUT2D eigenvalue weighted by Crippen LogP contribution is -2.49. The van der Waals surface area contributed by atoms with Crippen molar-refractivity contribution in [2.45, 2.75) is 101 Å². The summed E-state index contributed by atoms with van der Waals surface area (Å²) in [7, 11) is 0. The number of benzene rings is 6. The number of hydrogen-bond acceptors (Lipinski definition) is 6. The molecule has 2 atom stereocenters. The second kappa shape index (κ2) is 35.0. The van der Waals surface area contributed by atoms with Gasteiger partial charge in [0.1, 0.15) is 0 Å². The summed E-state index contributed by atoms with van der Waals surface area (Å²) in [6.45, 7) is 10.9. The van der Waals surface area contributed by atoms with E-state index in [0.717, 1.165) is 166 Å². The first kappa shape index (κ1) is 73.8. The van der Waals surface area contributed by atoms with Gasteiger partial charge in [-0.1, -0.05) is 156 Å². The molecule has 464 valence electrons. The highest BCUT2D eigenvalue weighted by Gasteiger charge is 2.42. The van der Waals surface area contributed by atoms with Gasteiger partial charge < -0.3 is 36.5 Å². The quantitative estimate of drug-likeness (QED) is 0.0881. The maximum atomic E-state index is 13.4. The van der Waals surface area contributed by atoms with E-state index < -0.39 is 0 Å². The van der Waals surface area contributed by atoms with Gasteiger partial charge in [0, 0.05) is 48.1 Å². The van der Waals surface area contributed by atoms with Crippen LogP contribution in [-0.4, -0.2) is 115 Å². The number of piperidine rings is 4. The van der Waals surface area contributed by atoms with Gasteiger partial charge in [-0.25, -0.2) is 0 Å². The van der Waals surface area contributed by atoms with E-state index in [-0.39, 0.29) is 88.6 Å². The molecule has 2 unspecified atom stereocenters. The van der Waals surface area contributed by atoms with E-state index in [9.17, 15) is 9.59 Å². The minimum atomic E-state index is -0.138. The fourth-order valence-corrected chi connectivity index (χ4v) is 14.3. The molecule has 4 fully saturated rings. The Hall–Kier alpha value is -3.62. The van der Waals surface area contributed by atoms with Crippen LogP contribution in [0.1, 0.15) is 120 Å². The van der Waals surface area contributed by atoms with Gasteiger partial charge in [-0.05, 0) is 224 Å². The fourth-order valence-electron chi connectivity index (χ4n) is 13.7. The van der Waals surface area contributed by atoms with Crippen LogP contribution >= 0.6 is 96.0 Å². The van der Waals surface area contributed by atoms with Gasteiger partial charge in [0.05, 0.1) is 20.1 Å². The number of rotatable bonds is 18. The molecule has 4 aliphatic heterocycles. The third-order valence-electron chi connectivity index (χ3n) is 18.6. The number of likely N-dealkylation sites (tertiary alicyclic amines) is 4. The molecule has 2 amide bonds. The molecule has 0 aliphatic carbocycles. The molecule has 0 saturated carbocycles. The van der Waals surface area contributed by atoms with Crippen LogP contribution < -0.4 is 11.5 Å². The number of hydrogen-bond donors (Lipinski definition) is 2. The average molecular weight is 1320 g/mol. The smallest absolute Gasteiger partial charge is 0.253 e. The fraction of sp³-hybridized carbons (Fsp3) is 0.441. The van der Waals surface area contributed by atoms with Gasteiger partial charge in [0.25, 0.3) is 11.8 Å². The average Bonchev–Trinajstić information content (AvgIpc) is 3.71. The van der Waals surface area contributed by atoms with E-state index in [1.807, 2.05) is 94.7 Å². The molecular formula is C68H88Cl8N6O3. The Morgan fingerprint density at radius 3 is 1.07 bits per heavy atom. The topological polar surface area (TPSA) is 131 Å². The lowest BCUT2D eigenvalue weighted by atomic mass is 9.70. The van der Waals surface area contributed by atoms with Crippen LogP contribution in [0.5, 0.6) is 0 Å². The van der Waals surface area contributed by atoms with Crippen molar-refractivity contribution in [3.05, 3.63) is 211 Å². The molecule has 6 N–H and O–H groups in total. The van der Waals surface area contributed by atoms with Crippen LogP contribution in [-0.2, 0) is 23.7 Å². The Bertz CT molecular complexity index is 2740. The second-order valence-electron chi connectivity index (χ2n) is 23.8. The number of carbonyl (C=O) groups is 2. The summed E-state index contributed by atoms with van der Waals surface area (Å²) in [5.41, 5.74) is 19.5. The summed E-state index contributed by atoms with van der Waals surface area (Å²) in [4.78, 5) is 36.2. The van der Waals surface area contributed by atoms with Crippen molar-refractivity contribution in [2.24, 2.45) is 22.3 Å². The molecule has 0 aromatic heterocycles. The monoisotopic (exact) mass is 1320 g/mol. The molecule has 0 bridgehead atoms. The molecule has 4 aliphatic rings. The van der Waals surface area contributed by atoms with Crippen LogP contribution in [0.25, 0.3) is 0 Å². The summed E-state index contributed by atoms with van der Waals surface area (Å²) >= 11 is 25.6. The normalized spacial score (nSPS) is 20.1. The number of halogens is 8. The summed E-state index contributed by atoms with van der Waals surface area (Å²) < 4.78 is 0. The van der Waals surface area contributed by atoms with Crippen molar-refractivity contribution < 1.29 is 15.1 Å². The molecule has 0 spiro atoms. The highest BCUT2D eigenvalue weighted by atomic mass is 35.5. The maximum absolute atomic E-state index is 13.4. The standard InChI is InChI=1S/2C34H41Cl2N3O.4ClH.H2O/c2*35-30-14-13-29(23-31(30)36)34(16-8-20-39(26-34)32(40)28-11-5-2-6-12-28)15-7-19-38-21-17-33(25-37,18-22-38)24-27-9-3-1-4-10-27;;;;;/h2*1-6,9-14,23H,7-8,15-22,24-26,37H2;4*1H;1H2. The Morgan fingerprint density at radius 2 is 0.753 bits per heavy atom. The molecule has 6 aromatic rings. The van der Waals surface area contributed by atoms with Crippen LogP contribution in [0.4, 0.5) is 0 Å². The van der Waals surface area contributed by atoms with Crippen molar-refractivity contribution in [2.75, 3.05) is 78.5 Å². The first-order chi connectivity index (χ1) is 38.8. The molecule has 4 saturated heterocycles. The van der Waals surface area contributed by atoms with E-state index in [4.69, 9.17) is 57.9 Å². The van der Waals surface area contributed by atoms with E-state index in [2.05, 4.69) is 82.6 Å². The minimum absolute atomic E-state index is 0. The van der Waals surface area contributed by atoms with E-state index >= 15 is 0 Å². The van der Waals surface area contributed by atoms with E-state index in [1.165, 1.54) is 22.3 Å². The summed E-state index contributed by atoms with van der Waals surface area (Å²) in [6.07, 6.45) is 14.8. The van der Waals surface area contributed by atoms with Crippen LogP contribution in [0.3, 0.4) is 0 Å². The second-order valence-corrected chi connectivity index (χ2v) is 25.5. The highest BCUT2D eigenvalue weighted by Crippen LogP contribution is 2.44. The lowest BCUT2D eigenvalue weighted by molar-refractivity contribution is 0.0607. The van der Waals surface area contributed by atoms with Crippen LogP contribution in [0, 0.1) is 10.8 Å². The number of carbonyl (C=O) groups excluding carboxylic acids is 2. The minimum Gasteiger partial charge on any atom is -0.412 e. The summed E-state index contributed by atoms with van der Waals surface area (Å²) in [5.74, 6) is 0.217. The van der Waals surface area contributed by atoms with Gasteiger partial charge >= 0.3 is 0 Å². The van der Waals surface area contributed by atoms with Gasteiger partial charge in [-0.2, -0.15) is 0 Å². The molecule has 4 heterocycles. The van der Waals surface area contributed by atoms with Gasteiger partial charge in [-0.15, -0.1) is 49.6 Å². The zero-order valence-corrected chi connectivity index (χ0v) is 55.1. The Kier molecular flexibility index (Phi) is 30.4. The number of nitrogens with two attached hydrogens (primary N) is 2. The maximum Gasteiger partial charge on any atom is 0.253 e. The highest BCUT2D eigenvalue weighted by molar-refractivity contribution is 6.42. The van der Waals surface area contributed by atoms with Crippen molar-refractivity contribution in [3.8, 4) is 0 Å². The molecule has 9 nitrogen and oxygen atoms in total. The van der Waals surface area contributed by atoms with Crippen LogP contribution in [0.2, 0.25) is 20.1 Å². The SMILES string of the molecule is Cl.Cl.Cl.Cl.NCC1(Cc2ccccc2)CCN(CCCC2(c3ccc(Cl)c(Cl)c3)CCCN(C(=O)c3ccccc3)C2)CC1.NCC1(Cc2ccccc2)CCN(CCCC2(c3ccc(Cl)c(Cl)c3)CCCN(C(=O)c3ccccc3)C2)CC1.O. The predicted molar refractivity (Wildman–Crippen MR) is 365 cm³/mol. The molecule has 0 radical (unpaired) electrons. The Morgan fingerprint density at radius 1 is 0.424 bits per heavy atom. The van der Waals surface area contributed by atoms with E-state index in [1.54, 1.807) is 0 Å². The van der Waals surface area contributed by atoms with Crippen molar-refractivity contribution in [1.29, 1.82) is 0 Å². The largest absolute Gasteiger partial charge is 0.412 e. The predicted octanol–water partition coefficient (Wildman–Crippen LogP) is 15.3. The van der Waals surface area contributed by atoms with E-state index in [0.29, 0.717) is 33.2 Å². The van der Waals surface area contributed by atoms with Gasteiger partial charge in [0.15, 0.2) is 0 Å². The number of nitrogens with zero attached hydrogens (tertiary/aromatic N) is 4. The first-order valence-electron chi connectivity index (χ1n) is 29.4. The zero-order valence-electron chi connectivity index (χ0n) is 48.8. The number of amides is 2. The Balaban J connectivity index is 0.000000344. The Labute approximate surface area is 551 Å². The molecular weight excluding hydrogens is 1230 g/mol. The van der Waals surface area contributed by atoms with Crippen LogP contribution in [0.15, 0.2) is 158 Å². The zero-order chi connectivity index (χ0) is 56.0. The lowest BCUT2D eigenvalue weighted by Gasteiger charge is -2.45. The molecule has 17 heteroatoms. The third-order valence-corrected chi connectivity index (χ3v) is 20.1. The van der Waals surface area contributed by atoms with Gasteiger partial charge in [0.2, 0.25) is 0 Å². The van der Waals surface area contributed by atoms with Crippen molar-refractivity contribution in [1.82, 2.24) is 19.6 Å². The van der Waals surface area contributed by atoms with Crippen molar-refractivity contribution in [3.63, 3.8) is 0 Å². The molecule has 85 heavy (non-hydrogen) atoms. The molecule has 6 aromatic carbocycles. The summed E-state index contributed by atoms with van der Waals surface area (Å²) in [5, 5.41) is 2.30. The molecule has 10 rings (SSSR count). The van der Waals surface area contributed by atoms with Crippen molar-refractivity contribution >= 4 is 108 Å². The first-order valence-corrected chi connectivity index (χ1v) is 30.9. The third kappa shape index (κ3) is 19.2.